The molecule has 3 unspecified atom stereocenters. The van der Waals surface area contributed by atoms with E-state index in [4.69, 9.17) is 0 Å². The van der Waals surface area contributed by atoms with Crippen molar-refractivity contribution < 1.29 is 9.59 Å². The van der Waals surface area contributed by atoms with Crippen molar-refractivity contribution in [1.82, 2.24) is 20.5 Å². The fourth-order valence-electron chi connectivity index (χ4n) is 3.58. The van der Waals surface area contributed by atoms with Gasteiger partial charge < -0.3 is 15.5 Å². The third kappa shape index (κ3) is 5.56. The van der Waals surface area contributed by atoms with Crippen molar-refractivity contribution in [3.8, 4) is 0 Å². The van der Waals surface area contributed by atoms with Crippen LogP contribution in [0.5, 0.6) is 0 Å². The highest BCUT2D eigenvalue weighted by Gasteiger charge is 2.31. The summed E-state index contributed by atoms with van der Waals surface area (Å²) in [5.74, 6) is 0.429. The Morgan fingerprint density at radius 2 is 1.96 bits per heavy atom. The molecule has 26 heavy (non-hydrogen) atoms. The summed E-state index contributed by atoms with van der Waals surface area (Å²) in [5.41, 5.74) is 0.637. The van der Waals surface area contributed by atoms with Crippen LogP contribution in [0.1, 0.15) is 36.5 Å². The van der Waals surface area contributed by atoms with Crippen molar-refractivity contribution >= 4 is 36.6 Å². The molecule has 1 aromatic heterocycles. The van der Waals surface area contributed by atoms with Gasteiger partial charge in [0.25, 0.3) is 5.91 Å². The van der Waals surface area contributed by atoms with Gasteiger partial charge in [-0.2, -0.15) is 0 Å². The van der Waals surface area contributed by atoms with Crippen molar-refractivity contribution in [3.05, 3.63) is 30.1 Å². The summed E-state index contributed by atoms with van der Waals surface area (Å²) in [6.45, 7) is 5.28. The average molecular weight is 403 g/mol. The highest BCUT2D eigenvalue weighted by molar-refractivity contribution is 5.94. The molecule has 2 N–H and O–H groups in total. The molecule has 2 aliphatic heterocycles. The molecule has 3 atom stereocenters. The van der Waals surface area contributed by atoms with E-state index in [9.17, 15) is 9.59 Å². The molecule has 0 radical (unpaired) electrons. The first-order valence-electron chi connectivity index (χ1n) is 8.85. The topological polar surface area (TPSA) is 74.3 Å². The van der Waals surface area contributed by atoms with Crippen molar-refractivity contribution in [2.24, 2.45) is 11.8 Å². The smallest absolute Gasteiger partial charge is 0.253 e. The molecule has 6 nitrogen and oxygen atoms in total. The van der Waals surface area contributed by atoms with Gasteiger partial charge in [-0.05, 0) is 50.4 Å². The van der Waals surface area contributed by atoms with Crippen molar-refractivity contribution in [2.75, 3.05) is 26.2 Å². The van der Waals surface area contributed by atoms with Crippen LogP contribution >= 0.6 is 24.8 Å². The van der Waals surface area contributed by atoms with Gasteiger partial charge in [0.15, 0.2) is 0 Å². The van der Waals surface area contributed by atoms with Gasteiger partial charge in [0.05, 0.1) is 5.92 Å². The fraction of sp³-hybridized carbons (Fsp3) is 0.611. The Kier molecular flexibility index (Phi) is 9.33. The van der Waals surface area contributed by atoms with Crippen LogP contribution in [0.2, 0.25) is 0 Å². The number of nitrogens with zero attached hydrogens (tertiary/aromatic N) is 2. The molecule has 0 spiro atoms. The number of amides is 2. The molecule has 3 rings (SSSR count). The first-order chi connectivity index (χ1) is 11.6. The lowest BCUT2D eigenvalue weighted by Gasteiger charge is -2.35. The summed E-state index contributed by atoms with van der Waals surface area (Å²) >= 11 is 0. The van der Waals surface area contributed by atoms with Crippen LogP contribution in [0, 0.1) is 11.8 Å². The lowest BCUT2D eigenvalue weighted by molar-refractivity contribution is -0.127. The van der Waals surface area contributed by atoms with Crippen LogP contribution in [0.4, 0.5) is 0 Å². The summed E-state index contributed by atoms with van der Waals surface area (Å²) in [4.78, 5) is 31.0. The highest BCUT2D eigenvalue weighted by atomic mass is 35.5. The molecule has 0 aliphatic carbocycles. The Morgan fingerprint density at radius 1 is 1.23 bits per heavy atom. The van der Waals surface area contributed by atoms with E-state index < -0.39 is 0 Å². The van der Waals surface area contributed by atoms with Gasteiger partial charge >= 0.3 is 0 Å². The molecule has 8 heteroatoms. The van der Waals surface area contributed by atoms with Gasteiger partial charge in [0.2, 0.25) is 5.91 Å². The third-order valence-electron chi connectivity index (χ3n) is 5.12. The van der Waals surface area contributed by atoms with Crippen LogP contribution in [0.15, 0.2) is 24.5 Å². The zero-order valence-electron chi connectivity index (χ0n) is 15.0. The van der Waals surface area contributed by atoms with E-state index in [1.807, 2.05) is 0 Å². The molecule has 0 saturated carbocycles. The van der Waals surface area contributed by atoms with Gasteiger partial charge in [0.1, 0.15) is 0 Å². The number of hydrogen-bond donors (Lipinski definition) is 2. The summed E-state index contributed by atoms with van der Waals surface area (Å²) in [6, 6.07) is 3.69. The van der Waals surface area contributed by atoms with Gasteiger partial charge in [-0.15, -0.1) is 24.8 Å². The second-order valence-electron chi connectivity index (χ2n) is 6.91. The lowest BCUT2D eigenvalue weighted by Crippen LogP contribution is -2.52. The summed E-state index contributed by atoms with van der Waals surface area (Å²) in [7, 11) is 0. The van der Waals surface area contributed by atoms with Crippen LogP contribution in [-0.2, 0) is 4.79 Å². The minimum atomic E-state index is -0.105. The molecule has 2 saturated heterocycles. The largest absolute Gasteiger partial charge is 0.353 e. The fourth-order valence-corrected chi connectivity index (χ4v) is 3.58. The van der Waals surface area contributed by atoms with Gasteiger partial charge in [-0.3, -0.25) is 14.6 Å². The number of carbonyl (C=O) groups is 2. The van der Waals surface area contributed by atoms with E-state index in [0.29, 0.717) is 24.6 Å². The second-order valence-corrected chi connectivity index (χ2v) is 6.91. The van der Waals surface area contributed by atoms with Gasteiger partial charge in [-0.25, -0.2) is 0 Å². The van der Waals surface area contributed by atoms with Crippen molar-refractivity contribution in [1.29, 1.82) is 0 Å². The molecule has 0 aromatic carbocycles. The first kappa shape index (κ1) is 22.7. The van der Waals surface area contributed by atoms with Crippen LogP contribution < -0.4 is 10.6 Å². The van der Waals surface area contributed by atoms with Crippen LogP contribution in [-0.4, -0.2) is 53.9 Å². The summed E-state index contributed by atoms with van der Waals surface area (Å²) in [5, 5.41) is 6.56. The predicted molar refractivity (Wildman–Crippen MR) is 106 cm³/mol. The Bertz CT molecular complexity index is 588. The van der Waals surface area contributed by atoms with E-state index >= 15 is 0 Å². The van der Waals surface area contributed by atoms with E-state index in [-0.39, 0.29) is 48.6 Å². The number of carbonyl (C=O) groups excluding carboxylic acids is 2. The zero-order chi connectivity index (χ0) is 16.9. The maximum absolute atomic E-state index is 12.6. The molecular formula is C18H28Cl2N4O2. The number of pyridine rings is 1. The number of hydrogen-bond acceptors (Lipinski definition) is 4. The molecule has 1 aromatic rings. The Labute approximate surface area is 167 Å². The minimum absolute atomic E-state index is 0. The summed E-state index contributed by atoms with van der Waals surface area (Å²) in [6.07, 6.45) is 5.95. The number of rotatable bonds is 3. The van der Waals surface area contributed by atoms with Gasteiger partial charge in [-0.1, -0.05) is 6.92 Å². The lowest BCUT2D eigenvalue weighted by atomic mass is 9.92. The molecule has 2 aliphatic rings. The molecule has 2 fully saturated rings. The maximum atomic E-state index is 12.6. The number of nitrogens with one attached hydrogen (secondary N) is 2. The van der Waals surface area contributed by atoms with Crippen molar-refractivity contribution in [2.45, 2.75) is 32.2 Å². The van der Waals surface area contributed by atoms with E-state index in [2.05, 4.69) is 22.5 Å². The Balaban J connectivity index is 0.00000169. The standard InChI is InChI=1S/C18H26N4O2.2ClH/c1-13-11-20-9-6-16(13)21-17(23)15-3-2-10-22(12-15)18(24)14-4-7-19-8-5-14;;/h4-5,7-8,13,15-16,20H,2-3,6,9-12H2,1H3,(H,21,23);2*1H. The monoisotopic (exact) mass is 402 g/mol. The molecule has 2 amide bonds. The first-order valence-corrected chi connectivity index (χ1v) is 8.85. The van der Waals surface area contributed by atoms with Crippen molar-refractivity contribution in [3.63, 3.8) is 0 Å². The second kappa shape index (κ2) is 10.7. The Hall–Kier alpha value is -1.37. The zero-order valence-corrected chi connectivity index (χ0v) is 16.7. The quantitative estimate of drug-likeness (QED) is 0.809. The molecule has 146 valence electrons. The van der Waals surface area contributed by atoms with E-state index in [1.165, 1.54) is 0 Å². The minimum Gasteiger partial charge on any atom is -0.353 e. The molecular weight excluding hydrogens is 375 g/mol. The third-order valence-corrected chi connectivity index (χ3v) is 5.12. The maximum Gasteiger partial charge on any atom is 0.253 e. The number of halogens is 2. The van der Waals surface area contributed by atoms with E-state index in [1.54, 1.807) is 29.4 Å². The van der Waals surface area contributed by atoms with Crippen LogP contribution in [0.25, 0.3) is 0 Å². The highest BCUT2D eigenvalue weighted by Crippen LogP contribution is 2.20. The summed E-state index contributed by atoms with van der Waals surface area (Å²) < 4.78 is 0. The number of piperidine rings is 2. The normalized spacial score (nSPS) is 25.4. The average Bonchev–Trinajstić information content (AvgIpc) is 2.64. The van der Waals surface area contributed by atoms with Gasteiger partial charge in [0, 0.05) is 37.1 Å². The van der Waals surface area contributed by atoms with Crippen LogP contribution in [0.3, 0.4) is 0 Å². The number of aromatic nitrogens is 1. The predicted octanol–water partition coefficient (Wildman–Crippen LogP) is 1.89. The molecule has 3 heterocycles. The van der Waals surface area contributed by atoms with E-state index in [0.717, 1.165) is 32.4 Å². The number of likely N-dealkylation sites (tertiary alicyclic amines) is 1. The SMILES string of the molecule is CC1CNCCC1NC(=O)C1CCCN(C(=O)c2ccncc2)C1.Cl.Cl. The Morgan fingerprint density at radius 3 is 2.65 bits per heavy atom. The molecule has 0 bridgehead atoms.